The monoisotopic (exact) mass is 291 g/mol. The van der Waals surface area contributed by atoms with E-state index in [-0.39, 0.29) is 0 Å². The SMILES string of the molecule is NNc1cc(NCCOC2CCCCC2)nc(C2CC2)n1. The molecule has 2 fully saturated rings. The minimum atomic E-state index is 0.453. The van der Waals surface area contributed by atoms with Gasteiger partial charge in [0, 0.05) is 18.5 Å². The van der Waals surface area contributed by atoms with Crippen molar-refractivity contribution in [2.45, 2.75) is 57.0 Å². The lowest BCUT2D eigenvalue weighted by Crippen LogP contribution is -2.21. The number of hydrogen-bond acceptors (Lipinski definition) is 6. The Bertz CT molecular complexity index is 457. The fourth-order valence-corrected chi connectivity index (χ4v) is 2.79. The Morgan fingerprint density at radius 3 is 2.57 bits per heavy atom. The van der Waals surface area contributed by atoms with Crippen LogP contribution < -0.4 is 16.6 Å². The quantitative estimate of drug-likeness (QED) is 0.406. The van der Waals surface area contributed by atoms with Gasteiger partial charge in [-0.1, -0.05) is 19.3 Å². The van der Waals surface area contributed by atoms with Crippen molar-refractivity contribution in [3.63, 3.8) is 0 Å². The van der Waals surface area contributed by atoms with Crippen molar-refractivity contribution >= 4 is 11.6 Å². The molecule has 0 aliphatic heterocycles. The lowest BCUT2D eigenvalue weighted by Gasteiger charge is -2.22. The van der Waals surface area contributed by atoms with Gasteiger partial charge in [0.2, 0.25) is 0 Å². The highest BCUT2D eigenvalue weighted by Gasteiger charge is 2.27. The molecule has 1 aromatic heterocycles. The fraction of sp³-hybridized carbons (Fsp3) is 0.733. The van der Waals surface area contributed by atoms with Gasteiger partial charge in [-0.25, -0.2) is 15.8 Å². The standard InChI is InChI=1S/C15H25N5O/c16-20-14-10-13(18-15(19-14)11-6-7-11)17-8-9-21-12-4-2-1-3-5-12/h10-12H,1-9,16H2,(H2,17,18,19,20). The maximum atomic E-state index is 5.91. The van der Waals surface area contributed by atoms with Gasteiger partial charge >= 0.3 is 0 Å². The van der Waals surface area contributed by atoms with Crippen molar-refractivity contribution in [2.75, 3.05) is 23.9 Å². The Morgan fingerprint density at radius 1 is 1.10 bits per heavy atom. The minimum Gasteiger partial charge on any atom is -0.376 e. The highest BCUT2D eigenvalue weighted by molar-refractivity contribution is 5.47. The second-order valence-electron chi connectivity index (χ2n) is 5.97. The van der Waals surface area contributed by atoms with Gasteiger partial charge in [0.25, 0.3) is 0 Å². The first kappa shape index (κ1) is 14.5. The van der Waals surface area contributed by atoms with Gasteiger partial charge in [0.15, 0.2) is 0 Å². The Labute approximate surface area is 125 Å². The number of anilines is 2. The second-order valence-corrected chi connectivity index (χ2v) is 5.97. The van der Waals surface area contributed by atoms with Crippen LogP contribution in [0, 0.1) is 0 Å². The molecule has 1 aromatic rings. The molecule has 2 saturated carbocycles. The van der Waals surface area contributed by atoms with E-state index < -0.39 is 0 Å². The summed E-state index contributed by atoms with van der Waals surface area (Å²) in [6.45, 7) is 1.49. The minimum absolute atomic E-state index is 0.453. The summed E-state index contributed by atoms with van der Waals surface area (Å²) in [6, 6.07) is 1.84. The van der Waals surface area contributed by atoms with E-state index in [0.29, 0.717) is 17.8 Å². The number of hydrazine groups is 1. The van der Waals surface area contributed by atoms with E-state index >= 15 is 0 Å². The number of nitrogens with two attached hydrogens (primary N) is 1. The first-order valence-corrected chi connectivity index (χ1v) is 8.06. The molecule has 4 N–H and O–H groups in total. The molecule has 1 heterocycles. The van der Waals surface area contributed by atoms with Crippen molar-refractivity contribution in [3.8, 4) is 0 Å². The summed E-state index contributed by atoms with van der Waals surface area (Å²) in [5, 5.41) is 3.31. The van der Waals surface area contributed by atoms with Crippen LogP contribution in [0.2, 0.25) is 0 Å². The zero-order valence-corrected chi connectivity index (χ0v) is 12.5. The first-order valence-electron chi connectivity index (χ1n) is 8.06. The molecule has 0 atom stereocenters. The maximum Gasteiger partial charge on any atom is 0.145 e. The Kier molecular flexibility index (Phi) is 4.87. The molecule has 0 bridgehead atoms. The molecule has 0 saturated heterocycles. The third kappa shape index (κ3) is 4.28. The smallest absolute Gasteiger partial charge is 0.145 e. The molecule has 0 amide bonds. The van der Waals surface area contributed by atoms with Crippen LogP contribution in [0.3, 0.4) is 0 Å². The average Bonchev–Trinajstić information content (AvgIpc) is 3.37. The molecule has 0 spiro atoms. The van der Waals surface area contributed by atoms with Crippen LogP contribution in [-0.4, -0.2) is 29.2 Å². The van der Waals surface area contributed by atoms with Crippen LogP contribution in [0.25, 0.3) is 0 Å². The molecular formula is C15H25N5O. The number of hydrogen-bond donors (Lipinski definition) is 3. The van der Waals surface area contributed by atoms with Gasteiger partial charge < -0.3 is 15.5 Å². The van der Waals surface area contributed by atoms with Gasteiger partial charge in [-0.15, -0.1) is 0 Å². The zero-order valence-electron chi connectivity index (χ0n) is 12.5. The van der Waals surface area contributed by atoms with Gasteiger partial charge in [-0.05, 0) is 25.7 Å². The van der Waals surface area contributed by atoms with E-state index in [0.717, 1.165) is 24.8 Å². The highest BCUT2D eigenvalue weighted by Crippen LogP contribution is 2.38. The summed E-state index contributed by atoms with van der Waals surface area (Å²) in [5.74, 6) is 8.36. The molecule has 6 nitrogen and oxygen atoms in total. The topological polar surface area (TPSA) is 85.1 Å². The van der Waals surface area contributed by atoms with Crippen LogP contribution in [0.4, 0.5) is 11.6 Å². The third-order valence-corrected chi connectivity index (χ3v) is 4.15. The van der Waals surface area contributed by atoms with E-state index in [1.54, 1.807) is 0 Å². The van der Waals surface area contributed by atoms with Crippen molar-refractivity contribution in [1.82, 2.24) is 9.97 Å². The van der Waals surface area contributed by atoms with Crippen LogP contribution in [-0.2, 0) is 4.74 Å². The average molecular weight is 291 g/mol. The summed E-state index contributed by atoms with van der Waals surface area (Å²) in [6.07, 6.45) is 9.20. The van der Waals surface area contributed by atoms with E-state index in [2.05, 4.69) is 20.7 Å². The molecule has 2 aliphatic carbocycles. The molecular weight excluding hydrogens is 266 g/mol. The Morgan fingerprint density at radius 2 is 1.86 bits per heavy atom. The lowest BCUT2D eigenvalue weighted by molar-refractivity contribution is 0.0347. The Balaban J connectivity index is 1.46. The molecule has 0 aromatic carbocycles. The molecule has 6 heteroatoms. The largest absolute Gasteiger partial charge is 0.376 e. The summed E-state index contributed by atoms with van der Waals surface area (Å²) in [7, 11) is 0. The zero-order chi connectivity index (χ0) is 14.5. The van der Waals surface area contributed by atoms with Crippen molar-refractivity contribution in [2.24, 2.45) is 5.84 Å². The van der Waals surface area contributed by atoms with E-state index in [1.807, 2.05) is 6.07 Å². The van der Waals surface area contributed by atoms with Crippen LogP contribution in [0.1, 0.15) is 56.7 Å². The summed E-state index contributed by atoms with van der Waals surface area (Å²) < 4.78 is 5.91. The van der Waals surface area contributed by atoms with Crippen molar-refractivity contribution in [3.05, 3.63) is 11.9 Å². The van der Waals surface area contributed by atoms with E-state index in [9.17, 15) is 0 Å². The predicted octanol–water partition coefficient (Wildman–Crippen LogP) is 2.40. The number of nitrogens with zero attached hydrogens (tertiary/aromatic N) is 2. The third-order valence-electron chi connectivity index (χ3n) is 4.15. The van der Waals surface area contributed by atoms with E-state index in [1.165, 1.54) is 44.9 Å². The molecule has 116 valence electrons. The van der Waals surface area contributed by atoms with Crippen molar-refractivity contribution in [1.29, 1.82) is 0 Å². The summed E-state index contributed by atoms with van der Waals surface area (Å²) >= 11 is 0. The van der Waals surface area contributed by atoms with Crippen LogP contribution >= 0.6 is 0 Å². The first-order chi connectivity index (χ1) is 10.3. The van der Waals surface area contributed by atoms with Crippen LogP contribution in [0.5, 0.6) is 0 Å². The molecule has 2 aliphatic rings. The van der Waals surface area contributed by atoms with E-state index in [4.69, 9.17) is 10.6 Å². The van der Waals surface area contributed by atoms with Crippen LogP contribution in [0.15, 0.2) is 6.07 Å². The van der Waals surface area contributed by atoms with Gasteiger partial charge in [0.05, 0.1) is 12.7 Å². The van der Waals surface area contributed by atoms with Gasteiger partial charge in [-0.3, -0.25) is 0 Å². The predicted molar refractivity (Wildman–Crippen MR) is 83.1 cm³/mol. The number of ether oxygens (including phenoxy) is 1. The molecule has 21 heavy (non-hydrogen) atoms. The highest BCUT2D eigenvalue weighted by atomic mass is 16.5. The lowest BCUT2D eigenvalue weighted by atomic mass is 9.98. The number of nitrogen functional groups attached to an aromatic ring is 1. The summed E-state index contributed by atoms with van der Waals surface area (Å²) in [5.41, 5.74) is 2.61. The number of aromatic nitrogens is 2. The molecule has 0 unspecified atom stereocenters. The van der Waals surface area contributed by atoms with Gasteiger partial charge in [0.1, 0.15) is 17.5 Å². The second kappa shape index (κ2) is 7.04. The normalized spacial score (nSPS) is 19.5. The number of rotatable bonds is 7. The molecule has 3 rings (SSSR count). The van der Waals surface area contributed by atoms with Crippen molar-refractivity contribution < 1.29 is 4.74 Å². The Hall–Kier alpha value is -1.40. The number of nitrogens with one attached hydrogen (secondary N) is 2. The summed E-state index contributed by atoms with van der Waals surface area (Å²) in [4.78, 5) is 8.95. The van der Waals surface area contributed by atoms with Gasteiger partial charge in [-0.2, -0.15) is 0 Å². The fourth-order valence-electron chi connectivity index (χ4n) is 2.79. The maximum absolute atomic E-state index is 5.91. The molecule has 0 radical (unpaired) electrons.